The van der Waals surface area contributed by atoms with Gasteiger partial charge in [0.25, 0.3) is 5.91 Å². The van der Waals surface area contributed by atoms with Gasteiger partial charge in [-0.2, -0.15) is 0 Å². The summed E-state index contributed by atoms with van der Waals surface area (Å²) in [5.41, 5.74) is 6.45. The number of hydrogen-bond acceptors (Lipinski definition) is 5. The van der Waals surface area contributed by atoms with Crippen LogP contribution >= 0.6 is 11.6 Å². The third-order valence-electron chi connectivity index (χ3n) is 5.46. The molecule has 1 amide bonds. The van der Waals surface area contributed by atoms with E-state index in [1.807, 2.05) is 37.2 Å². The van der Waals surface area contributed by atoms with Gasteiger partial charge in [0, 0.05) is 70.2 Å². The lowest BCUT2D eigenvalue weighted by atomic mass is 9.92. The normalized spacial score (nSPS) is 15.8. The highest BCUT2D eigenvalue weighted by Gasteiger charge is 2.35. The molecule has 2 aromatic rings. The van der Waals surface area contributed by atoms with Gasteiger partial charge in [-0.25, -0.2) is 9.37 Å². The van der Waals surface area contributed by atoms with Crippen molar-refractivity contribution in [2.24, 2.45) is 5.73 Å². The smallest absolute Gasteiger partial charge is 0.253 e. The Morgan fingerprint density at radius 1 is 1.30 bits per heavy atom. The van der Waals surface area contributed by atoms with Crippen LogP contribution in [0, 0.1) is 0 Å². The monoisotopic (exact) mass is 433 g/mol. The average Bonchev–Trinajstić information content (AvgIpc) is 2.74. The van der Waals surface area contributed by atoms with Gasteiger partial charge in [-0.3, -0.25) is 4.79 Å². The summed E-state index contributed by atoms with van der Waals surface area (Å²) in [6.45, 7) is 1.81. The first-order valence-corrected chi connectivity index (χ1v) is 10.5. The van der Waals surface area contributed by atoms with Crippen LogP contribution in [0.4, 0.5) is 10.2 Å². The van der Waals surface area contributed by atoms with Gasteiger partial charge >= 0.3 is 0 Å². The Morgan fingerprint density at radius 3 is 2.67 bits per heavy atom. The summed E-state index contributed by atoms with van der Waals surface area (Å²) in [6.07, 6.45) is 0.594. The number of aromatic nitrogens is 1. The van der Waals surface area contributed by atoms with Gasteiger partial charge in [0.15, 0.2) is 0 Å². The lowest BCUT2D eigenvalue weighted by Gasteiger charge is -2.36. The highest BCUT2D eigenvalue weighted by molar-refractivity contribution is 6.31. The predicted octanol–water partition coefficient (Wildman–Crippen LogP) is 2.99. The Kier molecular flexibility index (Phi) is 7.28. The van der Waals surface area contributed by atoms with E-state index in [1.54, 1.807) is 23.1 Å². The van der Waals surface area contributed by atoms with Crippen LogP contribution in [0.2, 0.25) is 5.02 Å². The largest absolute Gasteiger partial charge is 0.363 e. The van der Waals surface area contributed by atoms with Gasteiger partial charge in [0.1, 0.15) is 11.5 Å². The molecule has 0 spiro atoms. The SMILES string of the molecule is CN(C)c1cccc(CNCC2(F)CCN(C(=O)c3ccc(CN)c(Cl)c3)CC2)n1. The number of piperidine rings is 1. The number of pyridine rings is 1. The second-order valence-corrected chi connectivity index (χ2v) is 8.35. The van der Waals surface area contributed by atoms with E-state index in [9.17, 15) is 4.79 Å². The molecular formula is C22H29ClFN5O. The number of likely N-dealkylation sites (tertiary alicyclic amines) is 1. The fourth-order valence-corrected chi connectivity index (χ4v) is 3.80. The average molecular weight is 434 g/mol. The Morgan fingerprint density at radius 2 is 2.03 bits per heavy atom. The van der Waals surface area contributed by atoms with Crippen LogP contribution in [0.25, 0.3) is 0 Å². The van der Waals surface area contributed by atoms with Crippen molar-refractivity contribution in [3.05, 3.63) is 58.2 Å². The van der Waals surface area contributed by atoms with Gasteiger partial charge in [-0.1, -0.05) is 23.7 Å². The van der Waals surface area contributed by atoms with E-state index in [-0.39, 0.29) is 12.5 Å². The highest BCUT2D eigenvalue weighted by Crippen LogP contribution is 2.27. The van der Waals surface area contributed by atoms with E-state index in [4.69, 9.17) is 17.3 Å². The number of benzene rings is 1. The molecule has 0 unspecified atom stereocenters. The minimum absolute atomic E-state index is 0.125. The van der Waals surface area contributed by atoms with Crippen LogP contribution in [-0.2, 0) is 13.1 Å². The van der Waals surface area contributed by atoms with Crippen molar-refractivity contribution in [1.82, 2.24) is 15.2 Å². The van der Waals surface area contributed by atoms with Crippen molar-refractivity contribution in [3.8, 4) is 0 Å². The van der Waals surface area contributed by atoms with E-state index in [0.717, 1.165) is 17.1 Å². The number of amides is 1. The Balaban J connectivity index is 1.51. The molecule has 3 rings (SSSR count). The molecule has 1 aliphatic heterocycles. The number of alkyl halides is 1. The van der Waals surface area contributed by atoms with Crippen molar-refractivity contribution < 1.29 is 9.18 Å². The molecule has 1 aliphatic rings. The van der Waals surface area contributed by atoms with Crippen LogP contribution in [0.1, 0.15) is 34.5 Å². The molecule has 0 bridgehead atoms. The van der Waals surface area contributed by atoms with Gasteiger partial charge in [0.2, 0.25) is 0 Å². The summed E-state index contributed by atoms with van der Waals surface area (Å²) in [7, 11) is 3.87. The summed E-state index contributed by atoms with van der Waals surface area (Å²) in [6, 6.07) is 10.9. The van der Waals surface area contributed by atoms with E-state index in [0.29, 0.717) is 49.6 Å². The molecular weight excluding hydrogens is 405 g/mol. The Labute approximate surface area is 182 Å². The minimum Gasteiger partial charge on any atom is -0.363 e. The zero-order chi connectivity index (χ0) is 21.7. The maximum absolute atomic E-state index is 15.2. The van der Waals surface area contributed by atoms with Gasteiger partial charge in [-0.15, -0.1) is 0 Å². The van der Waals surface area contributed by atoms with Crippen LogP contribution in [0.3, 0.4) is 0 Å². The fourth-order valence-electron chi connectivity index (χ4n) is 3.54. The minimum atomic E-state index is -1.34. The highest BCUT2D eigenvalue weighted by atomic mass is 35.5. The van der Waals surface area contributed by atoms with Crippen molar-refractivity contribution in [2.75, 3.05) is 38.6 Å². The lowest BCUT2D eigenvalue weighted by molar-refractivity contribution is 0.0434. The summed E-state index contributed by atoms with van der Waals surface area (Å²) >= 11 is 6.17. The summed E-state index contributed by atoms with van der Waals surface area (Å²) in [4.78, 5) is 20.9. The molecule has 2 heterocycles. The molecule has 0 saturated carbocycles. The second kappa shape index (κ2) is 9.73. The predicted molar refractivity (Wildman–Crippen MR) is 119 cm³/mol. The van der Waals surface area contributed by atoms with Crippen molar-refractivity contribution in [2.45, 2.75) is 31.6 Å². The molecule has 1 fully saturated rings. The number of anilines is 1. The third-order valence-corrected chi connectivity index (χ3v) is 5.82. The fraction of sp³-hybridized carbons (Fsp3) is 0.455. The number of nitrogens with zero attached hydrogens (tertiary/aromatic N) is 3. The first kappa shape index (κ1) is 22.5. The topological polar surface area (TPSA) is 74.5 Å². The molecule has 0 radical (unpaired) electrons. The lowest BCUT2D eigenvalue weighted by Crippen LogP contribution is -2.48. The van der Waals surface area contributed by atoms with Crippen molar-refractivity contribution >= 4 is 23.3 Å². The maximum Gasteiger partial charge on any atom is 0.253 e. The molecule has 1 aromatic heterocycles. The first-order valence-electron chi connectivity index (χ1n) is 10.1. The zero-order valence-corrected chi connectivity index (χ0v) is 18.3. The molecule has 162 valence electrons. The molecule has 0 atom stereocenters. The van der Waals surface area contributed by atoms with Crippen molar-refractivity contribution in [3.63, 3.8) is 0 Å². The standard InChI is InChI=1S/C22H29ClFN5O/c1-28(2)20-5-3-4-18(27-20)14-26-15-22(24)8-10-29(11-9-22)21(30)16-6-7-17(13-25)19(23)12-16/h3-7,12,26H,8-11,13-15,25H2,1-2H3. The van der Waals surface area contributed by atoms with Gasteiger partial charge in [-0.05, 0) is 29.8 Å². The number of hydrogen-bond donors (Lipinski definition) is 2. The molecule has 6 nitrogen and oxygen atoms in total. The molecule has 0 aliphatic carbocycles. The van der Waals surface area contributed by atoms with E-state index < -0.39 is 5.67 Å². The van der Waals surface area contributed by atoms with Crippen LogP contribution in [0.15, 0.2) is 36.4 Å². The maximum atomic E-state index is 15.2. The number of halogens is 2. The number of nitrogens with two attached hydrogens (primary N) is 1. The summed E-state index contributed by atoms with van der Waals surface area (Å²) in [5, 5.41) is 3.67. The Bertz CT molecular complexity index is 884. The molecule has 8 heteroatoms. The molecule has 30 heavy (non-hydrogen) atoms. The van der Waals surface area contributed by atoms with Gasteiger partial charge in [0.05, 0.1) is 5.69 Å². The summed E-state index contributed by atoms with van der Waals surface area (Å²) < 4.78 is 15.2. The third kappa shape index (κ3) is 5.47. The quantitative estimate of drug-likeness (QED) is 0.702. The zero-order valence-electron chi connectivity index (χ0n) is 17.5. The van der Waals surface area contributed by atoms with Crippen molar-refractivity contribution in [1.29, 1.82) is 0 Å². The number of carbonyl (C=O) groups is 1. The molecule has 1 aromatic carbocycles. The molecule has 3 N–H and O–H groups in total. The van der Waals surface area contributed by atoms with E-state index in [1.165, 1.54) is 0 Å². The summed E-state index contributed by atoms with van der Waals surface area (Å²) in [5.74, 6) is 0.746. The van der Waals surface area contributed by atoms with E-state index in [2.05, 4.69) is 10.3 Å². The van der Waals surface area contributed by atoms with Crippen LogP contribution < -0.4 is 16.0 Å². The van der Waals surface area contributed by atoms with E-state index >= 15 is 4.39 Å². The van der Waals surface area contributed by atoms with Crippen LogP contribution in [0.5, 0.6) is 0 Å². The number of carbonyl (C=O) groups excluding carboxylic acids is 1. The van der Waals surface area contributed by atoms with Crippen LogP contribution in [-0.4, -0.2) is 55.2 Å². The second-order valence-electron chi connectivity index (χ2n) is 7.94. The Hall–Kier alpha value is -2.22. The van der Waals surface area contributed by atoms with Gasteiger partial charge < -0.3 is 20.9 Å². The first-order chi connectivity index (χ1) is 14.3. The number of nitrogens with one attached hydrogen (secondary N) is 1. The molecule has 1 saturated heterocycles. The number of rotatable bonds is 7.